The summed E-state index contributed by atoms with van der Waals surface area (Å²) in [5.74, 6) is -0.0918. The molecule has 0 atom stereocenters. The largest absolute Gasteiger partial charge is 0.423 e. The minimum atomic E-state index is -3.76. The van der Waals surface area contributed by atoms with E-state index in [0.717, 1.165) is 5.56 Å². The van der Waals surface area contributed by atoms with Crippen LogP contribution in [0, 0.1) is 6.92 Å². The van der Waals surface area contributed by atoms with E-state index in [1.54, 1.807) is 43.3 Å². The maximum absolute atomic E-state index is 12.0. The molecule has 0 aliphatic carbocycles. The zero-order chi connectivity index (χ0) is 20.6. The Labute approximate surface area is 165 Å². The van der Waals surface area contributed by atoms with Crippen LogP contribution >= 0.6 is 0 Å². The Morgan fingerprint density at radius 1 is 1.04 bits per heavy atom. The molecule has 0 radical (unpaired) electrons. The van der Waals surface area contributed by atoms with Crippen LogP contribution in [0.5, 0.6) is 5.75 Å². The van der Waals surface area contributed by atoms with E-state index in [9.17, 15) is 13.2 Å². The Hall–Kier alpha value is -2.68. The minimum absolute atomic E-state index is 0.00762. The molecule has 0 spiro atoms. The van der Waals surface area contributed by atoms with Crippen molar-refractivity contribution in [3.05, 3.63) is 66.2 Å². The minimum Gasteiger partial charge on any atom is -0.423 e. The second-order valence-corrected chi connectivity index (χ2v) is 7.70. The Morgan fingerprint density at radius 3 is 2.29 bits per heavy atom. The molecular formula is C20H23NO6S. The third kappa shape index (κ3) is 6.80. The van der Waals surface area contributed by atoms with E-state index >= 15 is 0 Å². The molecule has 2 aromatic rings. The number of benzene rings is 2. The summed E-state index contributed by atoms with van der Waals surface area (Å²) in [5, 5.41) is 0. The summed E-state index contributed by atoms with van der Waals surface area (Å²) in [6.45, 7) is 7.22. The fraction of sp³-hybridized carbons (Fsp3) is 0.250. The molecule has 0 amide bonds. The quantitative estimate of drug-likeness (QED) is 0.161. The van der Waals surface area contributed by atoms with Crippen molar-refractivity contribution in [3.8, 4) is 5.75 Å². The van der Waals surface area contributed by atoms with Gasteiger partial charge in [0.1, 0.15) is 5.75 Å². The second-order valence-electron chi connectivity index (χ2n) is 6.09. The fourth-order valence-electron chi connectivity index (χ4n) is 1.99. The van der Waals surface area contributed by atoms with Crippen molar-refractivity contribution < 1.29 is 27.0 Å². The summed E-state index contributed by atoms with van der Waals surface area (Å²) in [7, 11) is -3.76. The van der Waals surface area contributed by atoms with Crippen molar-refractivity contribution in [1.82, 2.24) is 0 Å². The van der Waals surface area contributed by atoms with Crippen molar-refractivity contribution in [2.45, 2.75) is 25.2 Å². The number of hydrogen-bond donors (Lipinski definition) is 1. The Balaban J connectivity index is 1.68. The van der Waals surface area contributed by atoms with Gasteiger partial charge in [-0.15, -0.1) is 0 Å². The molecule has 0 aliphatic rings. The number of ether oxygens (including phenoxy) is 1. The van der Waals surface area contributed by atoms with E-state index in [-0.39, 0.29) is 18.1 Å². The SMILES string of the molecule is C=C(C)C(=O)Oc1ccc(NOCCCOS(=O)(=O)c2ccc(C)cc2)cc1. The van der Waals surface area contributed by atoms with E-state index in [1.165, 1.54) is 12.1 Å². The predicted molar refractivity (Wildman–Crippen MR) is 105 cm³/mol. The summed E-state index contributed by atoms with van der Waals surface area (Å²) in [6.07, 6.45) is 0.381. The van der Waals surface area contributed by atoms with E-state index < -0.39 is 16.1 Å². The smallest absolute Gasteiger partial charge is 0.338 e. The van der Waals surface area contributed by atoms with Crippen LogP contribution in [0.1, 0.15) is 18.9 Å². The first-order chi connectivity index (χ1) is 13.3. The average molecular weight is 405 g/mol. The van der Waals surface area contributed by atoms with E-state index in [1.807, 2.05) is 6.92 Å². The van der Waals surface area contributed by atoms with Crippen molar-refractivity contribution in [2.75, 3.05) is 18.7 Å². The van der Waals surface area contributed by atoms with Crippen LogP contribution in [-0.4, -0.2) is 27.6 Å². The van der Waals surface area contributed by atoms with Crippen molar-refractivity contribution >= 4 is 21.8 Å². The first kappa shape index (κ1) is 21.6. The highest BCUT2D eigenvalue weighted by Gasteiger charge is 2.14. The van der Waals surface area contributed by atoms with E-state index in [2.05, 4.69) is 12.1 Å². The molecule has 7 nitrogen and oxygen atoms in total. The van der Waals surface area contributed by atoms with Crippen molar-refractivity contribution in [2.24, 2.45) is 0 Å². The van der Waals surface area contributed by atoms with E-state index in [0.29, 0.717) is 23.4 Å². The van der Waals surface area contributed by atoms with Gasteiger partial charge < -0.3 is 4.74 Å². The molecule has 0 saturated heterocycles. The lowest BCUT2D eigenvalue weighted by molar-refractivity contribution is -0.130. The number of anilines is 1. The number of carbonyl (C=O) groups excluding carboxylic acids is 1. The van der Waals surface area contributed by atoms with Gasteiger partial charge in [0.15, 0.2) is 0 Å². The van der Waals surface area contributed by atoms with Crippen LogP contribution in [0.25, 0.3) is 0 Å². The maximum atomic E-state index is 12.0. The normalized spacial score (nSPS) is 11.1. The van der Waals surface area contributed by atoms with Crippen LogP contribution in [-0.2, 0) is 23.9 Å². The van der Waals surface area contributed by atoms with Gasteiger partial charge in [0.05, 0.1) is 23.8 Å². The van der Waals surface area contributed by atoms with Crippen molar-refractivity contribution in [3.63, 3.8) is 0 Å². The zero-order valence-electron chi connectivity index (χ0n) is 15.8. The fourth-order valence-corrected chi connectivity index (χ4v) is 2.94. The predicted octanol–water partition coefficient (Wildman–Crippen LogP) is 3.62. The van der Waals surface area contributed by atoms with Gasteiger partial charge in [-0.3, -0.25) is 14.5 Å². The molecule has 0 heterocycles. The van der Waals surface area contributed by atoms with Crippen molar-refractivity contribution in [1.29, 1.82) is 0 Å². The van der Waals surface area contributed by atoms with Crippen LogP contribution < -0.4 is 10.2 Å². The molecule has 8 heteroatoms. The summed E-state index contributed by atoms with van der Waals surface area (Å²) < 4.78 is 34.1. The average Bonchev–Trinajstić information content (AvgIpc) is 2.66. The Morgan fingerprint density at radius 2 is 1.68 bits per heavy atom. The molecule has 0 fully saturated rings. The molecule has 0 aliphatic heterocycles. The van der Waals surface area contributed by atoms with E-state index in [4.69, 9.17) is 13.8 Å². The molecule has 28 heavy (non-hydrogen) atoms. The zero-order valence-corrected chi connectivity index (χ0v) is 16.6. The molecule has 0 unspecified atom stereocenters. The number of nitrogens with one attached hydrogen (secondary N) is 1. The van der Waals surface area contributed by atoms with Gasteiger partial charge in [0.25, 0.3) is 10.1 Å². The topological polar surface area (TPSA) is 90.9 Å². The molecule has 0 saturated carbocycles. The molecule has 0 bridgehead atoms. The summed E-state index contributed by atoms with van der Waals surface area (Å²) >= 11 is 0. The highest BCUT2D eigenvalue weighted by molar-refractivity contribution is 7.86. The number of carbonyl (C=O) groups is 1. The maximum Gasteiger partial charge on any atom is 0.338 e. The molecule has 0 aromatic heterocycles. The van der Waals surface area contributed by atoms with Crippen LogP contribution in [0.2, 0.25) is 0 Å². The lowest BCUT2D eigenvalue weighted by Crippen LogP contribution is -2.11. The van der Waals surface area contributed by atoms with Gasteiger partial charge in [0, 0.05) is 5.57 Å². The van der Waals surface area contributed by atoms with Gasteiger partial charge in [0.2, 0.25) is 0 Å². The summed E-state index contributed by atoms with van der Waals surface area (Å²) in [5.41, 5.74) is 4.67. The Bertz CT molecular complexity index is 905. The number of rotatable bonds is 10. The number of hydrogen-bond acceptors (Lipinski definition) is 7. The van der Waals surface area contributed by atoms with Gasteiger partial charge in [-0.05, 0) is 56.7 Å². The van der Waals surface area contributed by atoms with Crippen LogP contribution in [0.3, 0.4) is 0 Å². The van der Waals surface area contributed by atoms with Gasteiger partial charge in [-0.1, -0.05) is 24.3 Å². The monoisotopic (exact) mass is 405 g/mol. The second kappa shape index (κ2) is 10.0. The molecule has 2 rings (SSSR count). The lowest BCUT2D eigenvalue weighted by atomic mass is 10.2. The van der Waals surface area contributed by atoms with Gasteiger partial charge in [-0.25, -0.2) is 4.79 Å². The Kier molecular flexibility index (Phi) is 7.74. The van der Waals surface area contributed by atoms with Gasteiger partial charge in [-0.2, -0.15) is 8.42 Å². The summed E-state index contributed by atoms with van der Waals surface area (Å²) in [6, 6.07) is 13.1. The first-order valence-corrected chi connectivity index (χ1v) is 10.0. The lowest BCUT2D eigenvalue weighted by Gasteiger charge is -2.09. The van der Waals surface area contributed by atoms with Gasteiger partial charge >= 0.3 is 5.97 Å². The third-order valence-electron chi connectivity index (χ3n) is 3.54. The summed E-state index contributed by atoms with van der Waals surface area (Å²) in [4.78, 5) is 16.8. The van der Waals surface area contributed by atoms with Crippen LogP contribution in [0.15, 0.2) is 65.6 Å². The highest BCUT2D eigenvalue weighted by atomic mass is 32.2. The standard InChI is InChI=1S/C20H23NO6S/c1-15(2)20(22)27-18-9-7-17(8-10-18)21-25-13-4-14-26-28(23,24)19-11-5-16(3)6-12-19/h5-12,21H,1,4,13-14H2,2-3H3. The third-order valence-corrected chi connectivity index (χ3v) is 4.87. The highest BCUT2D eigenvalue weighted by Crippen LogP contribution is 2.17. The number of esters is 1. The van der Waals surface area contributed by atoms with Crippen LogP contribution in [0.4, 0.5) is 5.69 Å². The molecule has 1 N–H and O–H groups in total. The first-order valence-electron chi connectivity index (χ1n) is 8.59. The molecule has 150 valence electrons. The molecule has 2 aromatic carbocycles. The number of aryl methyl sites for hydroxylation is 1. The molecular weight excluding hydrogens is 382 g/mol.